The normalized spacial score (nSPS) is 21.7. The fourth-order valence-electron chi connectivity index (χ4n) is 2.65. The predicted octanol–water partition coefficient (Wildman–Crippen LogP) is 2.34. The Bertz CT molecular complexity index is 475. The van der Waals surface area contributed by atoms with Crippen molar-refractivity contribution in [3.05, 3.63) is 34.1 Å². The van der Waals surface area contributed by atoms with E-state index in [0.717, 1.165) is 31.6 Å². The highest BCUT2D eigenvalue weighted by Gasteiger charge is 2.26. The molecule has 1 fully saturated rings. The standard InChI is InChI=1S/C15H20BrFN2O/c1-18-4-3-5-19(2)14(10-18)15(20)8-11-6-12(16)9-13(17)7-11/h6-7,9,14H,3-5,8,10H2,1-2H3. The molecule has 2 rings (SSSR count). The number of hydrogen-bond acceptors (Lipinski definition) is 3. The molecule has 1 aliphatic rings. The zero-order valence-corrected chi connectivity index (χ0v) is 13.5. The number of rotatable bonds is 3. The summed E-state index contributed by atoms with van der Waals surface area (Å²) < 4.78 is 14.0. The van der Waals surface area contributed by atoms with E-state index < -0.39 is 0 Å². The Labute approximate surface area is 127 Å². The molecule has 1 aromatic carbocycles. The average molecular weight is 343 g/mol. The van der Waals surface area contributed by atoms with E-state index in [1.165, 1.54) is 12.1 Å². The van der Waals surface area contributed by atoms with Crippen molar-refractivity contribution in [1.29, 1.82) is 0 Å². The van der Waals surface area contributed by atoms with Crippen LogP contribution in [0.1, 0.15) is 12.0 Å². The molecule has 0 saturated carbocycles. The summed E-state index contributed by atoms with van der Waals surface area (Å²) in [6, 6.07) is 4.54. The van der Waals surface area contributed by atoms with Gasteiger partial charge in [0.1, 0.15) is 5.82 Å². The number of ketones is 1. The highest BCUT2D eigenvalue weighted by atomic mass is 79.9. The molecule has 1 aromatic rings. The van der Waals surface area contributed by atoms with Gasteiger partial charge < -0.3 is 4.90 Å². The third-order valence-corrected chi connectivity index (χ3v) is 4.20. The van der Waals surface area contributed by atoms with Gasteiger partial charge in [0.15, 0.2) is 5.78 Å². The van der Waals surface area contributed by atoms with Gasteiger partial charge in [-0.25, -0.2) is 4.39 Å². The van der Waals surface area contributed by atoms with Crippen LogP contribution in [0.15, 0.2) is 22.7 Å². The van der Waals surface area contributed by atoms with Gasteiger partial charge in [0.2, 0.25) is 0 Å². The molecule has 20 heavy (non-hydrogen) atoms. The van der Waals surface area contributed by atoms with E-state index in [4.69, 9.17) is 0 Å². The second-order valence-corrected chi connectivity index (χ2v) is 6.45. The second kappa shape index (κ2) is 6.78. The topological polar surface area (TPSA) is 23.6 Å². The van der Waals surface area contributed by atoms with Crippen molar-refractivity contribution in [3.8, 4) is 0 Å². The van der Waals surface area contributed by atoms with E-state index in [9.17, 15) is 9.18 Å². The molecule has 0 aliphatic carbocycles. The maximum Gasteiger partial charge on any atom is 0.155 e. The van der Waals surface area contributed by atoms with Gasteiger partial charge >= 0.3 is 0 Å². The Hall–Kier alpha value is -0.780. The molecule has 5 heteroatoms. The molecule has 1 atom stereocenters. The van der Waals surface area contributed by atoms with Crippen molar-refractivity contribution < 1.29 is 9.18 Å². The Morgan fingerprint density at radius 2 is 2.10 bits per heavy atom. The number of carbonyl (C=O) groups excluding carboxylic acids is 1. The highest BCUT2D eigenvalue weighted by molar-refractivity contribution is 9.10. The van der Waals surface area contributed by atoms with Gasteiger partial charge in [-0.05, 0) is 57.4 Å². The van der Waals surface area contributed by atoms with Crippen LogP contribution in [0.2, 0.25) is 0 Å². The lowest BCUT2D eigenvalue weighted by Crippen LogP contribution is -2.44. The van der Waals surface area contributed by atoms with Gasteiger partial charge in [-0.3, -0.25) is 9.69 Å². The Morgan fingerprint density at radius 1 is 1.35 bits per heavy atom. The van der Waals surface area contributed by atoms with Gasteiger partial charge in [-0.1, -0.05) is 15.9 Å². The number of benzene rings is 1. The van der Waals surface area contributed by atoms with Crippen LogP contribution >= 0.6 is 15.9 Å². The number of carbonyl (C=O) groups is 1. The lowest BCUT2D eigenvalue weighted by atomic mass is 10.0. The molecule has 1 saturated heterocycles. The number of Topliss-reactive ketones (excluding diaryl/α,β-unsaturated/α-hetero) is 1. The molecule has 0 N–H and O–H groups in total. The highest BCUT2D eigenvalue weighted by Crippen LogP contribution is 2.17. The van der Waals surface area contributed by atoms with Crippen molar-refractivity contribution in [2.24, 2.45) is 0 Å². The maximum atomic E-state index is 13.4. The number of nitrogens with zero attached hydrogens (tertiary/aromatic N) is 2. The van der Waals surface area contributed by atoms with Crippen molar-refractivity contribution in [3.63, 3.8) is 0 Å². The van der Waals surface area contributed by atoms with Crippen molar-refractivity contribution in [1.82, 2.24) is 9.80 Å². The van der Waals surface area contributed by atoms with E-state index in [2.05, 4.69) is 25.7 Å². The molecule has 0 amide bonds. The first-order valence-electron chi connectivity index (χ1n) is 6.82. The first-order valence-corrected chi connectivity index (χ1v) is 7.61. The Morgan fingerprint density at radius 3 is 2.80 bits per heavy atom. The van der Waals surface area contributed by atoms with E-state index >= 15 is 0 Å². The minimum atomic E-state index is -0.312. The average Bonchev–Trinajstić information content (AvgIpc) is 2.49. The quantitative estimate of drug-likeness (QED) is 0.842. The van der Waals surface area contributed by atoms with Crippen molar-refractivity contribution in [2.45, 2.75) is 18.9 Å². The maximum absolute atomic E-state index is 13.4. The van der Waals surface area contributed by atoms with Gasteiger partial charge in [0.05, 0.1) is 6.04 Å². The minimum absolute atomic E-state index is 0.107. The summed E-state index contributed by atoms with van der Waals surface area (Å²) in [7, 11) is 4.03. The molecule has 0 bridgehead atoms. The van der Waals surface area contributed by atoms with Gasteiger partial charge in [0.25, 0.3) is 0 Å². The molecule has 3 nitrogen and oxygen atoms in total. The molecule has 0 radical (unpaired) electrons. The zero-order chi connectivity index (χ0) is 14.7. The summed E-state index contributed by atoms with van der Waals surface area (Å²) in [4.78, 5) is 16.8. The summed E-state index contributed by atoms with van der Waals surface area (Å²) in [6.45, 7) is 2.68. The molecule has 1 aliphatic heterocycles. The molecule has 0 aromatic heterocycles. The summed E-state index contributed by atoms with van der Waals surface area (Å²) in [5.74, 6) is -0.160. The predicted molar refractivity (Wildman–Crippen MR) is 81.3 cm³/mol. The van der Waals surface area contributed by atoms with Crippen LogP contribution in [-0.4, -0.2) is 55.4 Å². The largest absolute Gasteiger partial charge is 0.304 e. The third-order valence-electron chi connectivity index (χ3n) is 3.74. The second-order valence-electron chi connectivity index (χ2n) is 5.53. The molecule has 0 spiro atoms. The molecular formula is C15H20BrFN2O. The first kappa shape index (κ1) is 15.6. The Kier molecular flexibility index (Phi) is 5.29. The van der Waals surface area contributed by atoms with Crippen LogP contribution < -0.4 is 0 Å². The molecule has 110 valence electrons. The third kappa shape index (κ3) is 4.11. The smallest absolute Gasteiger partial charge is 0.155 e. The van der Waals surface area contributed by atoms with Crippen LogP contribution in [-0.2, 0) is 11.2 Å². The van der Waals surface area contributed by atoms with Gasteiger partial charge in [-0.2, -0.15) is 0 Å². The number of likely N-dealkylation sites (N-methyl/N-ethyl adjacent to an activating group) is 2. The number of halogens is 2. The van der Waals surface area contributed by atoms with Crippen LogP contribution in [0.5, 0.6) is 0 Å². The molecular weight excluding hydrogens is 323 g/mol. The number of hydrogen-bond donors (Lipinski definition) is 0. The minimum Gasteiger partial charge on any atom is -0.304 e. The van der Waals surface area contributed by atoms with Crippen LogP contribution in [0.4, 0.5) is 4.39 Å². The Balaban J connectivity index is 2.09. The van der Waals surface area contributed by atoms with Gasteiger partial charge in [-0.15, -0.1) is 0 Å². The summed E-state index contributed by atoms with van der Waals surface area (Å²) in [6.07, 6.45) is 1.35. The molecule has 1 heterocycles. The fourth-order valence-corrected chi connectivity index (χ4v) is 3.16. The lowest BCUT2D eigenvalue weighted by molar-refractivity contribution is -0.123. The van der Waals surface area contributed by atoms with Crippen LogP contribution in [0, 0.1) is 5.82 Å². The SMILES string of the molecule is CN1CCCN(C)C(C(=O)Cc2cc(F)cc(Br)c2)C1. The first-order chi connectivity index (χ1) is 9.45. The van der Waals surface area contributed by atoms with Gasteiger partial charge in [0, 0.05) is 17.4 Å². The van der Waals surface area contributed by atoms with E-state index in [0.29, 0.717) is 4.47 Å². The van der Waals surface area contributed by atoms with Crippen LogP contribution in [0.3, 0.4) is 0 Å². The van der Waals surface area contributed by atoms with E-state index in [1.807, 2.05) is 14.1 Å². The molecule has 1 unspecified atom stereocenters. The van der Waals surface area contributed by atoms with E-state index in [1.54, 1.807) is 6.07 Å². The summed E-state index contributed by atoms with van der Waals surface area (Å²) in [5, 5.41) is 0. The van der Waals surface area contributed by atoms with Crippen molar-refractivity contribution in [2.75, 3.05) is 33.7 Å². The summed E-state index contributed by atoms with van der Waals surface area (Å²) >= 11 is 3.26. The lowest BCUT2D eigenvalue weighted by Gasteiger charge is -2.26. The monoisotopic (exact) mass is 342 g/mol. The zero-order valence-electron chi connectivity index (χ0n) is 11.9. The van der Waals surface area contributed by atoms with Crippen LogP contribution in [0.25, 0.3) is 0 Å². The van der Waals surface area contributed by atoms with Crippen molar-refractivity contribution >= 4 is 21.7 Å². The summed E-state index contributed by atoms with van der Waals surface area (Å²) in [5.41, 5.74) is 0.724. The fraction of sp³-hybridized carbons (Fsp3) is 0.533. The van der Waals surface area contributed by atoms with E-state index in [-0.39, 0.29) is 24.1 Å².